The van der Waals surface area contributed by atoms with Gasteiger partial charge in [0.2, 0.25) is 15.9 Å². The van der Waals surface area contributed by atoms with E-state index in [0.717, 1.165) is 28.1 Å². The molecule has 0 aliphatic carbocycles. The summed E-state index contributed by atoms with van der Waals surface area (Å²) in [5.41, 5.74) is -0.0388. The summed E-state index contributed by atoms with van der Waals surface area (Å²) < 4.78 is 65.4. The molecule has 2 aromatic rings. The highest BCUT2D eigenvalue weighted by Crippen LogP contribution is 2.32. The summed E-state index contributed by atoms with van der Waals surface area (Å²) in [6, 6.07) is 13.0. The smallest absolute Gasteiger partial charge is 0.349 e. The van der Waals surface area contributed by atoms with Crippen molar-refractivity contribution in [2.24, 2.45) is 5.92 Å². The number of halogens is 3. The number of carbonyl (C=O) groups excluding carboxylic acids is 1. The van der Waals surface area contributed by atoms with E-state index < -0.39 is 26.7 Å². The zero-order valence-electron chi connectivity index (χ0n) is 16.4. The minimum atomic E-state index is -4.62. The van der Waals surface area contributed by atoms with E-state index in [1.165, 1.54) is 0 Å². The number of piperidine rings is 1. The molecule has 0 aromatic heterocycles. The maximum Gasteiger partial charge on any atom is 0.416 e. The predicted octanol–water partition coefficient (Wildman–Crippen LogP) is 3.98. The van der Waals surface area contributed by atoms with Crippen LogP contribution >= 0.6 is 0 Å². The Kier molecular flexibility index (Phi) is 6.52. The van der Waals surface area contributed by atoms with Gasteiger partial charge in [-0.2, -0.15) is 17.5 Å². The van der Waals surface area contributed by atoms with E-state index in [4.69, 9.17) is 0 Å². The number of rotatable bonds is 5. The first-order chi connectivity index (χ1) is 14.1. The Morgan fingerprint density at radius 1 is 1.07 bits per heavy atom. The minimum absolute atomic E-state index is 0.0797. The Morgan fingerprint density at radius 2 is 1.70 bits per heavy atom. The molecule has 1 aliphatic heterocycles. The fourth-order valence-corrected chi connectivity index (χ4v) is 5.01. The Balaban J connectivity index is 1.63. The summed E-state index contributed by atoms with van der Waals surface area (Å²) in [5, 5.41) is 2.94. The van der Waals surface area contributed by atoms with Gasteiger partial charge >= 0.3 is 6.18 Å². The van der Waals surface area contributed by atoms with Gasteiger partial charge in [-0.1, -0.05) is 36.4 Å². The van der Waals surface area contributed by atoms with Gasteiger partial charge in [0.1, 0.15) is 0 Å². The lowest BCUT2D eigenvalue weighted by Crippen LogP contribution is -2.43. The second-order valence-electron chi connectivity index (χ2n) is 7.34. The van der Waals surface area contributed by atoms with Crippen LogP contribution in [0, 0.1) is 5.92 Å². The molecule has 2 aromatic carbocycles. The fraction of sp³-hybridized carbons (Fsp3) is 0.381. The van der Waals surface area contributed by atoms with E-state index in [1.807, 2.05) is 37.3 Å². The summed E-state index contributed by atoms with van der Waals surface area (Å²) >= 11 is 0. The second-order valence-corrected chi connectivity index (χ2v) is 9.28. The monoisotopic (exact) mass is 440 g/mol. The first-order valence-corrected chi connectivity index (χ1v) is 11.1. The summed E-state index contributed by atoms with van der Waals surface area (Å²) in [4.78, 5) is 12.2. The van der Waals surface area contributed by atoms with E-state index in [-0.39, 0.29) is 31.0 Å². The lowest BCUT2D eigenvalue weighted by Gasteiger charge is -2.31. The number of alkyl halides is 3. The number of nitrogens with one attached hydrogen (secondary N) is 1. The third-order valence-corrected chi connectivity index (χ3v) is 7.18. The van der Waals surface area contributed by atoms with Crippen molar-refractivity contribution in [3.8, 4) is 0 Å². The fourth-order valence-electron chi connectivity index (χ4n) is 3.50. The summed E-state index contributed by atoms with van der Waals surface area (Å²) in [6.45, 7) is 2.03. The summed E-state index contributed by atoms with van der Waals surface area (Å²) in [5.74, 6) is -0.494. The van der Waals surface area contributed by atoms with Crippen LogP contribution in [0.15, 0.2) is 59.5 Å². The van der Waals surface area contributed by atoms with Crippen LogP contribution in [0.5, 0.6) is 0 Å². The zero-order chi connectivity index (χ0) is 21.9. The van der Waals surface area contributed by atoms with Gasteiger partial charge in [0.15, 0.2) is 0 Å². The number of nitrogens with zero attached hydrogens (tertiary/aromatic N) is 1. The molecule has 1 fully saturated rings. The van der Waals surface area contributed by atoms with Crippen molar-refractivity contribution in [1.29, 1.82) is 0 Å². The highest BCUT2D eigenvalue weighted by Gasteiger charge is 2.35. The van der Waals surface area contributed by atoms with Crippen molar-refractivity contribution >= 4 is 15.9 Å². The molecular formula is C21H23F3N2O3S. The molecule has 162 valence electrons. The predicted molar refractivity (Wildman–Crippen MR) is 106 cm³/mol. The molecule has 1 amide bonds. The molecule has 5 nitrogen and oxygen atoms in total. The van der Waals surface area contributed by atoms with Crippen LogP contribution in [-0.2, 0) is 21.0 Å². The average Bonchev–Trinajstić information content (AvgIpc) is 2.74. The molecule has 1 N–H and O–H groups in total. The number of amides is 1. The Bertz CT molecular complexity index is 986. The largest absolute Gasteiger partial charge is 0.416 e. The maximum atomic E-state index is 12.9. The first kappa shape index (κ1) is 22.3. The van der Waals surface area contributed by atoms with Gasteiger partial charge in [-0.05, 0) is 43.5 Å². The van der Waals surface area contributed by atoms with Crippen LogP contribution in [0.25, 0.3) is 0 Å². The maximum absolute atomic E-state index is 12.9. The van der Waals surface area contributed by atoms with Crippen molar-refractivity contribution < 1.29 is 26.4 Å². The number of hydrogen-bond acceptors (Lipinski definition) is 3. The third kappa shape index (κ3) is 5.02. The quantitative estimate of drug-likeness (QED) is 0.765. The van der Waals surface area contributed by atoms with Crippen LogP contribution < -0.4 is 5.32 Å². The number of sulfonamides is 1. The van der Waals surface area contributed by atoms with E-state index in [1.54, 1.807) is 0 Å². The molecule has 1 aliphatic rings. The van der Waals surface area contributed by atoms with Gasteiger partial charge < -0.3 is 5.32 Å². The van der Waals surface area contributed by atoms with Gasteiger partial charge in [0, 0.05) is 19.0 Å². The van der Waals surface area contributed by atoms with Crippen LogP contribution in [0.1, 0.15) is 36.9 Å². The van der Waals surface area contributed by atoms with Gasteiger partial charge in [0.25, 0.3) is 0 Å². The molecule has 1 heterocycles. The first-order valence-electron chi connectivity index (χ1n) is 9.62. The Labute approximate surface area is 173 Å². The molecule has 1 atom stereocenters. The van der Waals surface area contributed by atoms with Crippen LogP contribution in [0.4, 0.5) is 13.2 Å². The van der Waals surface area contributed by atoms with Crippen molar-refractivity contribution in [1.82, 2.24) is 9.62 Å². The molecule has 30 heavy (non-hydrogen) atoms. The molecule has 0 bridgehead atoms. The van der Waals surface area contributed by atoms with Gasteiger partial charge in [-0.15, -0.1) is 0 Å². The van der Waals surface area contributed by atoms with Gasteiger partial charge in [-0.25, -0.2) is 8.42 Å². The molecule has 0 spiro atoms. The van der Waals surface area contributed by atoms with Gasteiger partial charge in [-0.3, -0.25) is 4.79 Å². The minimum Gasteiger partial charge on any atom is -0.349 e. The number of carbonyl (C=O) groups is 1. The van der Waals surface area contributed by atoms with E-state index in [9.17, 15) is 26.4 Å². The van der Waals surface area contributed by atoms with Crippen molar-refractivity contribution in [2.75, 3.05) is 13.1 Å². The Morgan fingerprint density at radius 3 is 2.30 bits per heavy atom. The van der Waals surface area contributed by atoms with E-state index >= 15 is 0 Å². The lowest BCUT2D eigenvalue weighted by atomic mass is 9.96. The zero-order valence-corrected chi connectivity index (χ0v) is 17.2. The van der Waals surface area contributed by atoms with E-state index in [2.05, 4.69) is 5.32 Å². The van der Waals surface area contributed by atoms with Crippen molar-refractivity contribution in [2.45, 2.75) is 36.9 Å². The van der Waals surface area contributed by atoms with Crippen LogP contribution in [-0.4, -0.2) is 31.7 Å². The van der Waals surface area contributed by atoms with Crippen LogP contribution in [0.2, 0.25) is 0 Å². The normalized spacial score (nSPS) is 17.5. The number of hydrogen-bond donors (Lipinski definition) is 1. The third-order valence-electron chi connectivity index (χ3n) is 5.28. The highest BCUT2D eigenvalue weighted by molar-refractivity contribution is 7.89. The van der Waals surface area contributed by atoms with Crippen molar-refractivity contribution in [3.63, 3.8) is 0 Å². The van der Waals surface area contributed by atoms with E-state index in [0.29, 0.717) is 18.9 Å². The SMILES string of the molecule is CC(NC(=O)C1CCN(S(=O)(=O)c2cccc(C(F)(F)F)c2)CC1)c1ccccc1. The summed E-state index contributed by atoms with van der Waals surface area (Å²) in [6.07, 6.45) is -4.00. The molecule has 3 rings (SSSR count). The molecule has 0 radical (unpaired) electrons. The molecule has 0 saturated carbocycles. The summed E-state index contributed by atoms with van der Waals surface area (Å²) in [7, 11) is -4.06. The molecule has 9 heteroatoms. The second kappa shape index (κ2) is 8.77. The van der Waals surface area contributed by atoms with Crippen molar-refractivity contribution in [3.05, 3.63) is 65.7 Å². The average molecular weight is 440 g/mol. The molecular weight excluding hydrogens is 417 g/mol. The number of benzene rings is 2. The Hall–Kier alpha value is -2.39. The molecule has 1 saturated heterocycles. The lowest BCUT2D eigenvalue weighted by molar-refractivity contribution is -0.137. The topological polar surface area (TPSA) is 66.5 Å². The van der Waals surface area contributed by atoms with Crippen LogP contribution in [0.3, 0.4) is 0 Å². The standard InChI is InChI=1S/C21H23F3N2O3S/c1-15(16-6-3-2-4-7-16)25-20(27)17-10-12-26(13-11-17)30(28,29)19-9-5-8-18(14-19)21(22,23)24/h2-9,14-15,17H,10-13H2,1H3,(H,25,27). The highest BCUT2D eigenvalue weighted by atomic mass is 32.2. The van der Waals surface area contributed by atoms with Gasteiger partial charge in [0.05, 0.1) is 16.5 Å². The molecule has 1 unspecified atom stereocenters.